The van der Waals surface area contributed by atoms with Crippen LogP contribution < -0.4 is 0 Å². The molecule has 0 spiro atoms. The van der Waals surface area contributed by atoms with Crippen LogP contribution in [0.4, 0.5) is 0 Å². The lowest BCUT2D eigenvalue weighted by molar-refractivity contribution is 0.112. The smallest absolute Gasteiger partial charge is 0.0566 e. The number of pyridine rings is 1. The van der Waals surface area contributed by atoms with Crippen molar-refractivity contribution in [1.29, 1.82) is 0 Å². The molecule has 0 saturated carbocycles. The molecule has 0 aliphatic carbocycles. The summed E-state index contributed by atoms with van der Waals surface area (Å²) in [6.07, 6.45) is 1.46. The molecule has 1 aromatic rings. The summed E-state index contributed by atoms with van der Waals surface area (Å²) in [5.41, 5.74) is 2.12. The highest BCUT2D eigenvalue weighted by Crippen LogP contribution is 2.12. The number of nitrogens with zero attached hydrogens (tertiary/aromatic N) is 1. The molecule has 14 heavy (non-hydrogen) atoms. The minimum absolute atomic E-state index is 0.211. The lowest BCUT2D eigenvalue weighted by atomic mass is 9.97. The van der Waals surface area contributed by atoms with Crippen LogP contribution in [0.5, 0.6) is 0 Å². The fraction of sp³-hybridized carbons (Fsp3) is 0.583. The zero-order chi connectivity index (χ0) is 10.6. The first-order chi connectivity index (χ1) is 6.63. The van der Waals surface area contributed by atoms with Crippen LogP contribution in [0.15, 0.2) is 18.2 Å². The Morgan fingerprint density at radius 3 is 2.71 bits per heavy atom. The van der Waals surface area contributed by atoms with E-state index in [0.717, 1.165) is 24.2 Å². The molecule has 0 aliphatic rings. The molecule has 2 unspecified atom stereocenters. The van der Waals surface area contributed by atoms with Gasteiger partial charge in [0.2, 0.25) is 0 Å². The van der Waals surface area contributed by atoms with Crippen LogP contribution >= 0.6 is 0 Å². The largest absolute Gasteiger partial charge is 0.393 e. The second kappa shape index (κ2) is 5.11. The predicted octanol–water partition coefficient (Wildman–Crippen LogP) is 2.34. The van der Waals surface area contributed by atoms with Gasteiger partial charge in [0.15, 0.2) is 0 Å². The van der Waals surface area contributed by atoms with Crippen LogP contribution in [0, 0.1) is 12.8 Å². The first kappa shape index (κ1) is 11.2. The van der Waals surface area contributed by atoms with Crippen molar-refractivity contribution in [2.24, 2.45) is 5.92 Å². The molecule has 2 atom stereocenters. The van der Waals surface area contributed by atoms with E-state index >= 15 is 0 Å². The van der Waals surface area contributed by atoms with Gasteiger partial charge in [0.25, 0.3) is 0 Å². The van der Waals surface area contributed by atoms with Gasteiger partial charge >= 0.3 is 0 Å². The monoisotopic (exact) mass is 193 g/mol. The average molecular weight is 193 g/mol. The molecule has 0 aromatic carbocycles. The summed E-state index contributed by atoms with van der Waals surface area (Å²) in [6, 6.07) is 6.03. The topological polar surface area (TPSA) is 33.1 Å². The van der Waals surface area contributed by atoms with Gasteiger partial charge in [-0.15, -0.1) is 0 Å². The van der Waals surface area contributed by atoms with Gasteiger partial charge in [-0.3, -0.25) is 4.98 Å². The number of aromatic nitrogens is 1. The quantitative estimate of drug-likeness (QED) is 0.796. The molecule has 0 amide bonds. The molecule has 1 aromatic heterocycles. The Kier molecular flexibility index (Phi) is 4.08. The molecule has 1 heterocycles. The second-order valence-corrected chi connectivity index (χ2v) is 3.93. The third-order valence-electron chi connectivity index (χ3n) is 2.55. The van der Waals surface area contributed by atoms with Gasteiger partial charge in [-0.2, -0.15) is 0 Å². The van der Waals surface area contributed by atoms with Crippen molar-refractivity contribution < 1.29 is 5.11 Å². The Hall–Kier alpha value is -0.890. The Morgan fingerprint density at radius 1 is 1.43 bits per heavy atom. The molecule has 0 bridgehead atoms. The van der Waals surface area contributed by atoms with Crippen LogP contribution in [0.25, 0.3) is 0 Å². The minimum Gasteiger partial charge on any atom is -0.393 e. The molecule has 1 N–H and O–H groups in total. The van der Waals surface area contributed by atoms with E-state index < -0.39 is 0 Å². The van der Waals surface area contributed by atoms with Crippen molar-refractivity contribution >= 4 is 0 Å². The third-order valence-corrected chi connectivity index (χ3v) is 2.55. The van der Waals surface area contributed by atoms with Crippen molar-refractivity contribution in [3.05, 3.63) is 29.6 Å². The van der Waals surface area contributed by atoms with E-state index in [0.29, 0.717) is 0 Å². The highest BCUT2D eigenvalue weighted by molar-refractivity contribution is 5.10. The molecular formula is C12H19NO. The Bertz CT molecular complexity index is 285. The number of aliphatic hydroxyl groups excluding tert-OH is 1. The maximum Gasteiger partial charge on any atom is 0.0566 e. The van der Waals surface area contributed by atoms with E-state index in [1.165, 1.54) is 0 Å². The zero-order valence-corrected chi connectivity index (χ0v) is 9.20. The molecule has 0 fully saturated rings. The maximum atomic E-state index is 9.63. The molecule has 0 saturated heterocycles. The molecule has 0 aliphatic heterocycles. The first-order valence-corrected chi connectivity index (χ1v) is 5.24. The van der Waals surface area contributed by atoms with E-state index in [9.17, 15) is 5.11 Å². The van der Waals surface area contributed by atoms with Crippen LogP contribution in [0.1, 0.15) is 31.7 Å². The number of aryl methyl sites for hydroxylation is 1. The summed E-state index contributed by atoms with van der Waals surface area (Å²) in [4.78, 5) is 4.42. The lowest BCUT2D eigenvalue weighted by Crippen LogP contribution is -2.19. The second-order valence-electron chi connectivity index (χ2n) is 3.93. The molecule has 2 heteroatoms. The van der Waals surface area contributed by atoms with Gasteiger partial charge < -0.3 is 5.11 Å². The van der Waals surface area contributed by atoms with E-state index in [4.69, 9.17) is 0 Å². The average Bonchev–Trinajstić information content (AvgIpc) is 2.16. The van der Waals surface area contributed by atoms with Gasteiger partial charge in [-0.1, -0.05) is 19.9 Å². The van der Waals surface area contributed by atoms with Gasteiger partial charge in [-0.05, 0) is 37.8 Å². The van der Waals surface area contributed by atoms with Crippen LogP contribution in [-0.2, 0) is 6.42 Å². The van der Waals surface area contributed by atoms with Gasteiger partial charge in [-0.25, -0.2) is 0 Å². The Morgan fingerprint density at radius 2 is 2.14 bits per heavy atom. The standard InChI is InChI=1S/C12H19NO/c1-4-12(14)9(2)8-11-7-5-6-10(3)13-11/h5-7,9,12,14H,4,8H2,1-3H3. The molecule has 78 valence electrons. The predicted molar refractivity (Wildman–Crippen MR) is 58.1 cm³/mol. The number of hydrogen-bond donors (Lipinski definition) is 1. The van der Waals surface area contributed by atoms with E-state index in [1.807, 2.05) is 32.0 Å². The minimum atomic E-state index is -0.211. The number of hydrogen-bond acceptors (Lipinski definition) is 2. The van der Waals surface area contributed by atoms with Crippen molar-refractivity contribution in [1.82, 2.24) is 4.98 Å². The van der Waals surface area contributed by atoms with Crippen molar-refractivity contribution in [2.45, 2.75) is 39.7 Å². The highest BCUT2D eigenvalue weighted by atomic mass is 16.3. The summed E-state index contributed by atoms with van der Waals surface area (Å²) in [7, 11) is 0. The van der Waals surface area contributed by atoms with Crippen molar-refractivity contribution in [3.8, 4) is 0 Å². The van der Waals surface area contributed by atoms with Crippen LogP contribution in [-0.4, -0.2) is 16.2 Å². The third kappa shape index (κ3) is 3.11. The lowest BCUT2D eigenvalue weighted by Gasteiger charge is -2.16. The number of aliphatic hydroxyl groups is 1. The van der Waals surface area contributed by atoms with Gasteiger partial charge in [0, 0.05) is 11.4 Å². The molecule has 2 nitrogen and oxygen atoms in total. The fourth-order valence-electron chi connectivity index (χ4n) is 1.58. The molecule has 0 radical (unpaired) electrons. The highest BCUT2D eigenvalue weighted by Gasteiger charge is 2.12. The van der Waals surface area contributed by atoms with Gasteiger partial charge in [0.1, 0.15) is 0 Å². The SMILES string of the molecule is CCC(O)C(C)Cc1cccc(C)n1. The number of rotatable bonds is 4. The van der Waals surface area contributed by atoms with Crippen molar-refractivity contribution in [2.75, 3.05) is 0 Å². The van der Waals surface area contributed by atoms with Crippen LogP contribution in [0.3, 0.4) is 0 Å². The summed E-state index contributed by atoms with van der Waals surface area (Å²) in [6.45, 7) is 6.06. The van der Waals surface area contributed by atoms with E-state index in [-0.39, 0.29) is 12.0 Å². The normalized spacial score (nSPS) is 15.1. The molecular weight excluding hydrogens is 174 g/mol. The Balaban J connectivity index is 2.60. The van der Waals surface area contributed by atoms with E-state index in [2.05, 4.69) is 11.9 Å². The van der Waals surface area contributed by atoms with E-state index in [1.54, 1.807) is 0 Å². The zero-order valence-electron chi connectivity index (χ0n) is 9.20. The van der Waals surface area contributed by atoms with Gasteiger partial charge in [0.05, 0.1) is 6.10 Å². The summed E-state index contributed by atoms with van der Waals surface area (Å²) < 4.78 is 0. The summed E-state index contributed by atoms with van der Waals surface area (Å²) >= 11 is 0. The summed E-state index contributed by atoms with van der Waals surface area (Å²) in [5.74, 6) is 0.286. The fourth-order valence-corrected chi connectivity index (χ4v) is 1.58. The molecule has 1 rings (SSSR count). The Labute approximate surface area is 86.0 Å². The summed E-state index contributed by atoms with van der Waals surface area (Å²) in [5, 5.41) is 9.63. The first-order valence-electron chi connectivity index (χ1n) is 5.24. The van der Waals surface area contributed by atoms with Crippen molar-refractivity contribution in [3.63, 3.8) is 0 Å². The maximum absolute atomic E-state index is 9.63. The van der Waals surface area contributed by atoms with Crippen LogP contribution in [0.2, 0.25) is 0 Å².